The van der Waals surface area contributed by atoms with Crippen molar-refractivity contribution in [3.63, 3.8) is 0 Å². The largest absolute Gasteiger partial charge is 0.393 e. The summed E-state index contributed by atoms with van der Waals surface area (Å²) >= 11 is 0. The van der Waals surface area contributed by atoms with Crippen LogP contribution in [0.2, 0.25) is 0 Å². The summed E-state index contributed by atoms with van der Waals surface area (Å²) in [6.45, 7) is 9.53. The molecule has 2 aliphatic rings. The van der Waals surface area contributed by atoms with Crippen LogP contribution in [0.15, 0.2) is 0 Å². The second-order valence-corrected chi connectivity index (χ2v) is 7.87. The van der Waals surface area contributed by atoms with Gasteiger partial charge in [-0.2, -0.15) is 0 Å². The molecule has 3 atom stereocenters. The van der Waals surface area contributed by atoms with Gasteiger partial charge in [-0.05, 0) is 54.8 Å². The molecule has 0 bridgehead atoms. The summed E-state index contributed by atoms with van der Waals surface area (Å²) in [6.07, 6.45) is 9.08. The van der Waals surface area contributed by atoms with Gasteiger partial charge < -0.3 is 5.11 Å². The molecule has 106 valence electrons. The van der Waals surface area contributed by atoms with Gasteiger partial charge in [0.05, 0.1) is 6.10 Å². The van der Waals surface area contributed by atoms with E-state index in [4.69, 9.17) is 0 Å². The van der Waals surface area contributed by atoms with Crippen molar-refractivity contribution in [2.75, 3.05) is 0 Å². The highest BCUT2D eigenvalue weighted by Gasteiger charge is 2.43. The molecule has 1 heteroatoms. The van der Waals surface area contributed by atoms with Gasteiger partial charge in [0.2, 0.25) is 0 Å². The van der Waals surface area contributed by atoms with Gasteiger partial charge in [0.15, 0.2) is 0 Å². The molecule has 18 heavy (non-hydrogen) atoms. The van der Waals surface area contributed by atoms with Crippen molar-refractivity contribution in [3.8, 4) is 0 Å². The van der Waals surface area contributed by atoms with Gasteiger partial charge in [-0.25, -0.2) is 0 Å². The molecule has 2 rings (SSSR count). The number of aliphatic hydroxyl groups is 1. The maximum Gasteiger partial charge on any atom is 0.0576 e. The van der Waals surface area contributed by atoms with Gasteiger partial charge >= 0.3 is 0 Å². The summed E-state index contributed by atoms with van der Waals surface area (Å²) in [5.74, 6) is 3.01. The lowest BCUT2D eigenvalue weighted by Crippen LogP contribution is -2.43. The van der Waals surface area contributed by atoms with Crippen LogP contribution in [0, 0.1) is 29.1 Å². The molecule has 2 aliphatic carbocycles. The third-order valence-corrected chi connectivity index (χ3v) is 6.10. The maximum absolute atomic E-state index is 10.5. The van der Waals surface area contributed by atoms with E-state index in [0.717, 1.165) is 24.2 Å². The Labute approximate surface area is 113 Å². The lowest BCUT2D eigenvalue weighted by atomic mass is 9.58. The number of rotatable bonds is 2. The normalized spacial score (nSPS) is 42.8. The van der Waals surface area contributed by atoms with Crippen LogP contribution in [0.1, 0.15) is 72.6 Å². The van der Waals surface area contributed by atoms with E-state index in [2.05, 4.69) is 27.7 Å². The third kappa shape index (κ3) is 2.92. The maximum atomic E-state index is 10.5. The van der Waals surface area contributed by atoms with E-state index in [0.29, 0.717) is 11.3 Å². The summed E-state index contributed by atoms with van der Waals surface area (Å²) < 4.78 is 0. The van der Waals surface area contributed by atoms with Crippen LogP contribution in [-0.2, 0) is 0 Å². The van der Waals surface area contributed by atoms with Crippen molar-refractivity contribution in [2.45, 2.75) is 78.7 Å². The number of hydrogen-bond acceptors (Lipinski definition) is 1. The molecular formula is C17H32O. The Morgan fingerprint density at radius 1 is 0.833 bits per heavy atom. The van der Waals surface area contributed by atoms with Crippen molar-refractivity contribution in [1.29, 1.82) is 0 Å². The Kier molecular flexibility index (Phi) is 4.41. The zero-order valence-corrected chi connectivity index (χ0v) is 12.8. The Morgan fingerprint density at radius 3 is 1.94 bits per heavy atom. The molecule has 2 fully saturated rings. The van der Waals surface area contributed by atoms with E-state index in [9.17, 15) is 5.11 Å². The Morgan fingerprint density at radius 2 is 1.39 bits per heavy atom. The molecule has 0 amide bonds. The van der Waals surface area contributed by atoms with Crippen LogP contribution in [0.4, 0.5) is 0 Å². The number of aliphatic hydroxyl groups excluding tert-OH is 1. The monoisotopic (exact) mass is 252 g/mol. The minimum atomic E-state index is -0.0527. The standard InChI is InChI=1S/C17H32O/c1-12-5-8-14(9-6-12)17(3,4)15-10-7-13(2)11-16(15)18/h12-16,18H,5-11H2,1-4H3. The third-order valence-electron chi connectivity index (χ3n) is 6.10. The molecule has 0 aromatic carbocycles. The Hall–Kier alpha value is -0.0400. The van der Waals surface area contributed by atoms with Crippen LogP contribution in [-0.4, -0.2) is 11.2 Å². The van der Waals surface area contributed by atoms with Crippen molar-refractivity contribution in [1.82, 2.24) is 0 Å². The fourth-order valence-electron chi connectivity index (χ4n) is 4.53. The predicted octanol–water partition coefficient (Wildman–Crippen LogP) is 4.64. The second kappa shape index (κ2) is 5.53. The van der Waals surface area contributed by atoms with E-state index < -0.39 is 0 Å². The van der Waals surface area contributed by atoms with Gasteiger partial charge in [-0.3, -0.25) is 0 Å². The van der Waals surface area contributed by atoms with Crippen molar-refractivity contribution in [2.24, 2.45) is 29.1 Å². The second-order valence-electron chi connectivity index (χ2n) is 7.87. The lowest BCUT2D eigenvalue weighted by molar-refractivity contribution is -0.0479. The fraction of sp³-hybridized carbons (Fsp3) is 1.00. The van der Waals surface area contributed by atoms with E-state index >= 15 is 0 Å². The SMILES string of the molecule is CC1CCC(C(C)(C)C2CCC(C)CC2O)CC1. The van der Waals surface area contributed by atoms with Crippen molar-refractivity contribution < 1.29 is 5.11 Å². The van der Waals surface area contributed by atoms with Crippen LogP contribution in [0.3, 0.4) is 0 Å². The fourth-order valence-corrected chi connectivity index (χ4v) is 4.53. The minimum absolute atomic E-state index is 0.0527. The predicted molar refractivity (Wildman–Crippen MR) is 77.4 cm³/mol. The van der Waals surface area contributed by atoms with Crippen LogP contribution in [0.5, 0.6) is 0 Å². The zero-order valence-electron chi connectivity index (χ0n) is 12.8. The quantitative estimate of drug-likeness (QED) is 0.759. The van der Waals surface area contributed by atoms with Gasteiger partial charge in [-0.15, -0.1) is 0 Å². The van der Waals surface area contributed by atoms with Crippen LogP contribution < -0.4 is 0 Å². The van der Waals surface area contributed by atoms with Gasteiger partial charge in [-0.1, -0.05) is 47.0 Å². The Bertz CT molecular complexity index is 263. The van der Waals surface area contributed by atoms with Crippen molar-refractivity contribution in [3.05, 3.63) is 0 Å². The number of hydrogen-bond donors (Lipinski definition) is 1. The molecule has 0 aromatic heterocycles. The van der Waals surface area contributed by atoms with E-state index in [-0.39, 0.29) is 6.10 Å². The molecule has 1 N–H and O–H groups in total. The van der Waals surface area contributed by atoms with E-state index in [1.165, 1.54) is 38.5 Å². The molecule has 0 aromatic rings. The highest BCUT2D eigenvalue weighted by Crippen LogP contribution is 2.49. The molecule has 0 aliphatic heterocycles. The lowest BCUT2D eigenvalue weighted by Gasteiger charge is -2.48. The molecule has 0 radical (unpaired) electrons. The first-order valence-corrected chi connectivity index (χ1v) is 8.09. The first-order chi connectivity index (χ1) is 8.41. The average molecular weight is 252 g/mol. The van der Waals surface area contributed by atoms with Crippen molar-refractivity contribution >= 4 is 0 Å². The molecule has 0 heterocycles. The van der Waals surface area contributed by atoms with Gasteiger partial charge in [0.1, 0.15) is 0 Å². The summed E-state index contributed by atoms with van der Waals surface area (Å²) in [7, 11) is 0. The molecule has 3 unspecified atom stereocenters. The summed E-state index contributed by atoms with van der Waals surface area (Å²) in [4.78, 5) is 0. The van der Waals surface area contributed by atoms with Gasteiger partial charge in [0.25, 0.3) is 0 Å². The highest BCUT2D eigenvalue weighted by atomic mass is 16.3. The molecule has 0 spiro atoms. The van der Waals surface area contributed by atoms with Crippen LogP contribution in [0.25, 0.3) is 0 Å². The minimum Gasteiger partial charge on any atom is -0.393 e. The first kappa shape index (κ1) is 14.4. The highest BCUT2D eigenvalue weighted by molar-refractivity contribution is 4.93. The summed E-state index contributed by atoms with van der Waals surface area (Å²) in [6, 6.07) is 0. The molecule has 0 saturated heterocycles. The zero-order chi connectivity index (χ0) is 13.3. The summed E-state index contributed by atoms with van der Waals surface area (Å²) in [5.41, 5.74) is 0.333. The Balaban J connectivity index is 2.01. The molecule has 2 saturated carbocycles. The van der Waals surface area contributed by atoms with E-state index in [1.807, 2.05) is 0 Å². The van der Waals surface area contributed by atoms with Gasteiger partial charge in [0, 0.05) is 0 Å². The van der Waals surface area contributed by atoms with E-state index in [1.54, 1.807) is 0 Å². The topological polar surface area (TPSA) is 20.2 Å². The average Bonchev–Trinajstić information content (AvgIpc) is 2.29. The smallest absolute Gasteiger partial charge is 0.0576 e. The first-order valence-electron chi connectivity index (χ1n) is 8.09. The summed E-state index contributed by atoms with van der Waals surface area (Å²) in [5, 5.41) is 10.5. The van der Waals surface area contributed by atoms with Crippen LogP contribution >= 0.6 is 0 Å². The molecular weight excluding hydrogens is 220 g/mol. The molecule has 1 nitrogen and oxygen atoms in total.